The Morgan fingerprint density at radius 3 is 2.77 bits per heavy atom. The predicted octanol–water partition coefficient (Wildman–Crippen LogP) is 4.89. The lowest BCUT2D eigenvalue weighted by molar-refractivity contribution is -0.104. The predicted molar refractivity (Wildman–Crippen MR) is 103 cm³/mol. The Balaban J connectivity index is 1.47. The van der Waals surface area contributed by atoms with Crippen LogP contribution in [0.1, 0.15) is 74.7 Å². The van der Waals surface area contributed by atoms with Crippen LogP contribution in [0.4, 0.5) is 0 Å². The zero-order chi connectivity index (χ0) is 17.9. The Labute approximate surface area is 156 Å². The van der Waals surface area contributed by atoms with E-state index in [1.807, 2.05) is 18.5 Å². The fourth-order valence-corrected chi connectivity index (χ4v) is 5.20. The summed E-state index contributed by atoms with van der Waals surface area (Å²) in [5.41, 5.74) is 4.16. The summed E-state index contributed by atoms with van der Waals surface area (Å²) in [7, 11) is 0. The molecule has 4 rings (SSSR count). The number of rotatable bonds is 6. The minimum absolute atomic E-state index is 0.122. The minimum atomic E-state index is 0.122. The highest BCUT2D eigenvalue weighted by Gasteiger charge is 2.48. The zero-order valence-corrected chi connectivity index (χ0v) is 16.0. The summed E-state index contributed by atoms with van der Waals surface area (Å²) in [5.74, 6) is 0. The Kier molecular flexibility index (Phi) is 5.12. The normalized spacial score (nSPS) is 25.0. The van der Waals surface area contributed by atoms with Crippen LogP contribution in [0.25, 0.3) is 0 Å². The maximum Gasteiger partial charge on any atom is 0.0691 e. The monoisotopic (exact) mass is 353 g/mol. The summed E-state index contributed by atoms with van der Waals surface area (Å²) in [4.78, 5) is 4.80. The molecule has 1 N–H and O–H groups in total. The van der Waals surface area contributed by atoms with Gasteiger partial charge in [-0.25, -0.2) is 0 Å². The van der Waals surface area contributed by atoms with Crippen LogP contribution in [0.5, 0.6) is 0 Å². The van der Waals surface area contributed by atoms with Gasteiger partial charge in [0.1, 0.15) is 0 Å². The third kappa shape index (κ3) is 3.57. The molecule has 0 unspecified atom stereocenters. The standard InChI is InChI=1S/C22H31N3O/c1-18-19(16-24-25-18)8-2-4-10-21(20-9-3-7-14-23-20)13-15-26-22(17-21)11-5-6-12-22/h3,7,9,14,16H,2,4-6,8,10-13,15,17H2,1H3,(H,24,25)/t21-/m1/s1. The van der Waals surface area contributed by atoms with E-state index in [0.717, 1.165) is 25.9 Å². The molecule has 0 amide bonds. The highest BCUT2D eigenvalue weighted by molar-refractivity contribution is 5.21. The number of unbranched alkanes of at least 4 members (excludes halogenated alkanes) is 1. The van der Waals surface area contributed by atoms with Crippen molar-refractivity contribution in [3.63, 3.8) is 0 Å². The number of aromatic amines is 1. The van der Waals surface area contributed by atoms with Gasteiger partial charge in [0, 0.05) is 29.6 Å². The van der Waals surface area contributed by atoms with Crippen molar-refractivity contribution in [1.82, 2.24) is 15.2 Å². The molecule has 3 heterocycles. The summed E-state index contributed by atoms with van der Waals surface area (Å²) in [6.45, 7) is 3.00. The van der Waals surface area contributed by atoms with E-state index in [0.29, 0.717) is 0 Å². The highest BCUT2D eigenvalue weighted by atomic mass is 16.5. The largest absolute Gasteiger partial charge is 0.375 e. The molecule has 2 aliphatic rings. The lowest BCUT2D eigenvalue weighted by atomic mass is 9.67. The van der Waals surface area contributed by atoms with Gasteiger partial charge in [0.25, 0.3) is 0 Å². The average molecular weight is 354 g/mol. The van der Waals surface area contributed by atoms with E-state index in [-0.39, 0.29) is 11.0 Å². The van der Waals surface area contributed by atoms with E-state index in [1.165, 1.54) is 61.9 Å². The number of hydrogen-bond donors (Lipinski definition) is 1. The van der Waals surface area contributed by atoms with Crippen molar-refractivity contribution in [2.24, 2.45) is 0 Å². The van der Waals surface area contributed by atoms with Crippen LogP contribution in [-0.4, -0.2) is 27.4 Å². The Hall–Kier alpha value is -1.68. The fraction of sp³-hybridized carbons (Fsp3) is 0.636. The molecule has 1 aliphatic heterocycles. The molecule has 2 aromatic rings. The van der Waals surface area contributed by atoms with Gasteiger partial charge in [-0.05, 0) is 69.6 Å². The minimum Gasteiger partial charge on any atom is -0.375 e. The molecule has 0 radical (unpaired) electrons. The summed E-state index contributed by atoms with van der Waals surface area (Å²) < 4.78 is 6.34. The molecule has 1 atom stereocenters. The van der Waals surface area contributed by atoms with Crippen molar-refractivity contribution in [3.8, 4) is 0 Å². The second-order valence-electron chi connectivity index (χ2n) is 8.39. The van der Waals surface area contributed by atoms with Crippen molar-refractivity contribution in [3.05, 3.63) is 47.5 Å². The van der Waals surface area contributed by atoms with E-state index >= 15 is 0 Å². The molecule has 1 aliphatic carbocycles. The third-order valence-corrected chi connectivity index (χ3v) is 6.66. The Morgan fingerprint density at radius 2 is 2.04 bits per heavy atom. The molecule has 1 saturated carbocycles. The van der Waals surface area contributed by atoms with Gasteiger partial charge in [-0.2, -0.15) is 5.10 Å². The molecule has 0 bridgehead atoms. The SMILES string of the molecule is Cc1[nH]ncc1CCCC[C@@]1(c2ccccn2)CCOC2(CCCC2)C1. The van der Waals surface area contributed by atoms with Gasteiger partial charge in [0.05, 0.1) is 11.8 Å². The van der Waals surface area contributed by atoms with Crippen molar-refractivity contribution < 1.29 is 4.74 Å². The van der Waals surface area contributed by atoms with Crippen LogP contribution in [0, 0.1) is 6.92 Å². The molecular weight excluding hydrogens is 322 g/mol. The second-order valence-corrected chi connectivity index (χ2v) is 8.39. The van der Waals surface area contributed by atoms with Gasteiger partial charge in [-0.15, -0.1) is 0 Å². The van der Waals surface area contributed by atoms with Crippen molar-refractivity contribution in [2.45, 2.75) is 82.1 Å². The van der Waals surface area contributed by atoms with E-state index in [4.69, 9.17) is 9.72 Å². The number of aromatic nitrogens is 3. The lowest BCUT2D eigenvalue weighted by Crippen LogP contribution is -2.46. The number of nitrogens with zero attached hydrogens (tertiary/aromatic N) is 2. The molecule has 26 heavy (non-hydrogen) atoms. The summed E-state index contributed by atoms with van der Waals surface area (Å²) in [6, 6.07) is 6.42. The zero-order valence-electron chi connectivity index (χ0n) is 16.0. The maximum absolute atomic E-state index is 6.34. The highest BCUT2D eigenvalue weighted by Crippen LogP contribution is 2.50. The first-order valence-corrected chi connectivity index (χ1v) is 10.3. The molecule has 1 saturated heterocycles. The van der Waals surface area contributed by atoms with Crippen LogP contribution in [0.2, 0.25) is 0 Å². The van der Waals surface area contributed by atoms with Crippen LogP contribution in [0.15, 0.2) is 30.6 Å². The van der Waals surface area contributed by atoms with E-state index < -0.39 is 0 Å². The van der Waals surface area contributed by atoms with E-state index in [2.05, 4.69) is 29.3 Å². The number of pyridine rings is 1. The number of ether oxygens (including phenoxy) is 1. The van der Waals surface area contributed by atoms with E-state index in [9.17, 15) is 0 Å². The van der Waals surface area contributed by atoms with Gasteiger partial charge < -0.3 is 4.74 Å². The molecule has 140 valence electrons. The van der Waals surface area contributed by atoms with Crippen LogP contribution < -0.4 is 0 Å². The number of nitrogens with one attached hydrogen (secondary N) is 1. The van der Waals surface area contributed by atoms with Gasteiger partial charge in [-0.3, -0.25) is 10.1 Å². The Morgan fingerprint density at radius 1 is 1.15 bits per heavy atom. The van der Waals surface area contributed by atoms with Crippen molar-refractivity contribution in [2.75, 3.05) is 6.61 Å². The number of hydrogen-bond acceptors (Lipinski definition) is 3. The third-order valence-electron chi connectivity index (χ3n) is 6.66. The van der Waals surface area contributed by atoms with E-state index in [1.54, 1.807) is 0 Å². The molecular formula is C22H31N3O. The molecule has 1 spiro atoms. The molecule has 2 aromatic heterocycles. The first kappa shape index (κ1) is 17.7. The summed E-state index contributed by atoms with van der Waals surface area (Å²) in [6.07, 6.45) is 16.1. The topological polar surface area (TPSA) is 50.8 Å². The van der Waals surface area contributed by atoms with Gasteiger partial charge in [0.2, 0.25) is 0 Å². The molecule has 2 fully saturated rings. The number of aryl methyl sites for hydroxylation is 2. The number of H-pyrrole nitrogens is 1. The first-order valence-electron chi connectivity index (χ1n) is 10.3. The molecule has 4 heteroatoms. The fourth-order valence-electron chi connectivity index (χ4n) is 5.20. The second kappa shape index (κ2) is 7.51. The van der Waals surface area contributed by atoms with Crippen LogP contribution in [-0.2, 0) is 16.6 Å². The maximum atomic E-state index is 6.34. The smallest absolute Gasteiger partial charge is 0.0691 e. The quantitative estimate of drug-likeness (QED) is 0.753. The van der Waals surface area contributed by atoms with Gasteiger partial charge in [0.15, 0.2) is 0 Å². The Bertz CT molecular complexity index is 705. The van der Waals surface area contributed by atoms with Gasteiger partial charge >= 0.3 is 0 Å². The van der Waals surface area contributed by atoms with Crippen LogP contribution in [0.3, 0.4) is 0 Å². The van der Waals surface area contributed by atoms with Crippen LogP contribution >= 0.6 is 0 Å². The average Bonchev–Trinajstić information content (AvgIpc) is 3.29. The summed E-state index contributed by atoms with van der Waals surface area (Å²) in [5, 5.41) is 7.20. The van der Waals surface area contributed by atoms with Crippen molar-refractivity contribution >= 4 is 0 Å². The lowest BCUT2D eigenvalue weighted by Gasteiger charge is -2.46. The first-order chi connectivity index (χ1) is 12.7. The summed E-state index contributed by atoms with van der Waals surface area (Å²) >= 11 is 0. The molecule has 4 nitrogen and oxygen atoms in total. The van der Waals surface area contributed by atoms with Crippen molar-refractivity contribution in [1.29, 1.82) is 0 Å². The molecule has 0 aromatic carbocycles. The van der Waals surface area contributed by atoms with Gasteiger partial charge in [-0.1, -0.05) is 25.3 Å².